The summed E-state index contributed by atoms with van der Waals surface area (Å²) in [5.41, 5.74) is 0. The molecule has 2 rings (SSSR count). The molecule has 1 heterocycles. The highest BCUT2D eigenvalue weighted by Gasteiger charge is 2.41. The van der Waals surface area contributed by atoms with E-state index < -0.39 is 0 Å². The third-order valence-electron chi connectivity index (χ3n) is 4.29. The van der Waals surface area contributed by atoms with Crippen LogP contribution in [-0.4, -0.2) is 35.5 Å². The van der Waals surface area contributed by atoms with Crippen LogP contribution in [0.1, 0.15) is 38.5 Å². The second-order valence-electron chi connectivity index (χ2n) is 5.55. The topological polar surface area (TPSA) is 52.6 Å². The monoisotopic (exact) mass is 380 g/mol. The first-order valence-electron chi connectivity index (χ1n) is 6.95. The van der Waals surface area contributed by atoms with Crippen molar-refractivity contribution in [1.82, 2.24) is 0 Å². The van der Waals surface area contributed by atoms with Crippen LogP contribution in [0.25, 0.3) is 0 Å². The van der Waals surface area contributed by atoms with E-state index in [2.05, 4.69) is 27.3 Å². The van der Waals surface area contributed by atoms with E-state index >= 15 is 0 Å². The summed E-state index contributed by atoms with van der Waals surface area (Å²) in [7, 11) is 1.42. The third-order valence-corrected chi connectivity index (χ3v) is 5.71. The average Bonchev–Trinajstić information content (AvgIpc) is 2.86. The van der Waals surface area contributed by atoms with Gasteiger partial charge in [-0.25, -0.2) is 0 Å². The minimum Gasteiger partial charge on any atom is -0.469 e. The van der Waals surface area contributed by atoms with Crippen LogP contribution in [0.5, 0.6) is 0 Å². The number of alkyl halides is 1. The molecule has 5 atom stereocenters. The number of rotatable bonds is 5. The molecular weight excluding hydrogens is 359 g/mol. The van der Waals surface area contributed by atoms with Gasteiger partial charge in [0.2, 0.25) is 0 Å². The van der Waals surface area contributed by atoms with E-state index in [1.165, 1.54) is 7.11 Å². The van der Waals surface area contributed by atoms with Crippen LogP contribution in [-0.2, 0) is 19.1 Å². The summed E-state index contributed by atoms with van der Waals surface area (Å²) < 4.78 is 11.1. The fourth-order valence-electron chi connectivity index (χ4n) is 3.18. The Morgan fingerprint density at radius 3 is 2.95 bits per heavy atom. The van der Waals surface area contributed by atoms with Gasteiger partial charge < -0.3 is 14.3 Å². The second kappa shape index (κ2) is 7.02. The van der Waals surface area contributed by atoms with E-state index in [0.29, 0.717) is 22.4 Å². The molecule has 108 valence electrons. The first-order valence-corrected chi connectivity index (χ1v) is 8.20. The molecule has 0 bridgehead atoms. The minimum absolute atomic E-state index is 0.155. The van der Waals surface area contributed by atoms with E-state index in [4.69, 9.17) is 4.74 Å². The standard InChI is InChI=1S/C14H21IO4/c1-18-14(17)5-3-11(15)13-7-10-6-9(8-16)2-4-12(10)19-13/h8-13H,2-7H2,1H3. The van der Waals surface area contributed by atoms with Gasteiger partial charge in [-0.3, -0.25) is 4.79 Å². The number of methoxy groups -OCH3 is 1. The van der Waals surface area contributed by atoms with E-state index in [1.807, 2.05) is 0 Å². The van der Waals surface area contributed by atoms with Crippen molar-refractivity contribution < 1.29 is 19.1 Å². The van der Waals surface area contributed by atoms with Crippen molar-refractivity contribution in [3.8, 4) is 0 Å². The molecule has 1 aliphatic heterocycles. The first kappa shape index (κ1) is 15.2. The van der Waals surface area contributed by atoms with Crippen LogP contribution < -0.4 is 0 Å². The lowest BCUT2D eigenvalue weighted by molar-refractivity contribution is -0.140. The predicted molar refractivity (Wildman–Crippen MR) is 79.2 cm³/mol. The van der Waals surface area contributed by atoms with Crippen LogP contribution in [0, 0.1) is 11.8 Å². The first-order chi connectivity index (χ1) is 9.13. The molecule has 2 fully saturated rings. The molecule has 1 saturated carbocycles. The zero-order chi connectivity index (χ0) is 13.8. The summed E-state index contributed by atoms with van der Waals surface area (Å²) in [4.78, 5) is 22.0. The van der Waals surface area contributed by atoms with Gasteiger partial charge in [0, 0.05) is 16.3 Å². The quantitative estimate of drug-likeness (QED) is 0.318. The molecule has 0 radical (unpaired) electrons. The van der Waals surface area contributed by atoms with E-state index in [1.54, 1.807) is 0 Å². The maximum Gasteiger partial charge on any atom is 0.305 e. The number of fused-ring (bicyclic) bond motifs is 1. The molecule has 0 aromatic heterocycles. The molecule has 1 saturated heterocycles. The molecular formula is C14H21IO4. The zero-order valence-electron chi connectivity index (χ0n) is 11.2. The molecule has 0 spiro atoms. The van der Waals surface area contributed by atoms with Gasteiger partial charge >= 0.3 is 5.97 Å². The van der Waals surface area contributed by atoms with Crippen molar-refractivity contribution >= 4 is 34.8 Å². The number of aldehydes is 1. The number of halogens is 1. The molecule has 19 heavy (non-hydrogen) atoms. The summed E-state index contributed by atoms with van der Waals surface area (Å²) in [6, 6.07) is 0. The summed E-state index contributed by atoms with van der Waals surface area (Å²) >= 11 is 2.38. The Bertz CT molecular complexity index is 333. The molecule has 4 nitrogen and oxygen atoms in total. The lowest BCUT2D eigenvalue weighted by Crippen LogP contribution is -2.26. The highest BCUT2D eigenvalue weighted by atomic mass is 127. The highest BCUT2D eigenvalue weighted by molar-refractivity contribution is 14.1. The SMILES string of the molecule is COC(=O)CCC(I)C1CC2CC(C=O)CCC2O1. The minimum atomic E-state index is -0.155. The number of carbonyl (C=O) groups is 2. The summed E-state index contributed by atoms with van der Waals surface area (Å²) in [6.45, 7) is 0. The van der Waals surface area contributed by atoms with Crippen molar-refractivity contribution in [2.75, 3.05) is 7.11 Å². The zero-order valence-corrected chi connectivity index (χ0v) is 13.4. The van der Waals surface area contributed by atoms with Crippen molar-refractivity contribution in [3.05, 3.63) is 0 Å². The molecule has 0 amide bonds. The Kier molecular flexibility index (Phi) is 5.62. The third kappa shape index (κ3) is 3.90. The Balaban J connectivity index is 1.80. The second-order valence-corrected chi connectivity index (χ2v) is 7.15. The van der Waals surface area contributed by atoms with Gasteiger partial charge in [0.1, 0.15) is 6.29 Å². The predicted octanol–water partition coefficient (Wildman–Crippen LogP) is 2.52. The number of hydrogen-bond donors (Lipinski definition) is 0. The molecule has 0 N–H and O–H groups in total. The van der Waals surface area contributed by atoms with Crippen LogP contribution >= 0.6 is 22.6 Å². The lowest BCUT2D eigenvalue weighted by atomic mass is 9.79. The molecule has 5 unspecified atom stereocenters. The maximum atomic E-state index is 11.2. The molecule has 5 heteroatoms. The number of carbonyl (C=O) groups excluding carboxylic acids is 2. The van der Waals surface area contributed by atoms with Crippen molar-refractivity contribution in [1.29, 1.82) is 0 Å². The largest absolute Gasteiger partial charge is 0.469 e. The van der Waals surface area contributed by atoms with E-state index in [-0.39, 0.29) is 18.0 Å². The van der Waals surface area contributed by atoms with E-state index in [0.717, 1.165) is 38.4 Å². The van der Waals surface area contributed by atoms with Gasteiger partial charge in [0.05, 0.1) is 19.3 Å². The molecule has 0 aromatic carbocycles. The number of esters is 1. The normalized spacial score (nSPS) is 35.5. The van der Waals surface area contributed by atoms with Gasteiger partial charge in [-0.2, -0.15) is 0 Å². The Hall–Kier alpha value is -0.170. The van der Waals surface area contributed by atoms with Crippen LogP contribution in [0.3, 0.4) is 0 Å². The molecule has 2 aliphatic rings. The average molecular weight is 380 g/mol. The van der Waals surface area contributed by atoms with E-state index in [9.17, 15) is 9.59 Å². The molecule has 0 aromatic rings. The lowest BCUT2D eigenvalue weighted by Gasteiger charge is -2.27. The fourth-order valence-corrected chi connectivity index (χ4v) is 3.95. The smallest absolute Gasteiger partial charge is 0.305 e. The Labute approximate surface area is 127 Å². The van der Waals surface area contributed by atoms with Gasteiger partial charge in [-0.1, -0.05) is 22.6 Å². The Morgan fingerprint density at radius 2 is 2.26 bits per heavy atom. The van der Waals surface area contributed by atoms with Crippen LogP contribution in [0.15, 0.2) is 0 Å². The highest BCUT2D eigenvalue weighted by Crippen LogP contribution is 2.42. The molecule has 1 aliphatic carbocycles. The van der Waals surface area contributed by atoms with Gasteiger partial charge in [-0.15, -0.1) is 0 Å². The van der Waals surface area contributed by atoms with Crippen LogP contribution in [0.2, 0.25) is 0 Å². The number of ether oxygens (including phenoxy) is 2. The summed E-state index contributed by atoms with van der Waals surface area (Å²) in [5.74, 6) is 0.605. The van der Waals surface area contributed by atoms with Gasteiger partial charge in [-0.05, 0) is 38.0 Å². The maximum absolute atomic E-state index is 11.2. The van der Waals surface area contributed by atoms with Crippen molar-refractivity contribution in [3.63, 3.8) is 0 Å². The van der Waals surface area contributed by atoms with Crippen LogP contribution in [0.4, 0.5) is 0 Å². The number of hydrogen-bond acceptors (Lipinski definition) is 4. The Morgan fingerprint density at radius 1 is 1.47 bits per heavy atom. The summed E-state index contributed by atoms with van der Waals surface area (Å²) in [5, 5.41) is 0. The van der Waals surface area contributed by atoms with Gasteiger partial charge in [0.15, 0.2) is 0 Å². The van der Waals surface area contributed by atoms with Gasteiger partial charge in [0.25, 0.3) is 0 Å². The van der Waals surface area contributed by atoms with Crippen molar-refractivity contribution in [2.24, 2.45) is 11.8 Å². The fraction of sp³-hybridized carbons (Fsp3) is 0.857. The van der Waals surface area contributed by atoms with Crippen molar-refractivity contribution in [2.45, 2.75) is 54.7 Å². The summed E-state index contributed by atoms with van der Waals surface area (Å²) in [6.07, 6.45) is 6.89.